The van der Waals surface area contributed by atoms with Crippen LogP contribution in [-0.4, -0.2) is 29.6 Å². The van der Waals surface area contributed by atoms with E-state index < -0.39 is 0 Å². The lowest BCUT2D eigenvalue weighted by molar-refractivity contribution is 0.0950. The third kappa shape index (κ3) is 2.15. The molecule has 6 heteroatoms. The molecule has 2 N–H and O–H groups in total. The quantitative estimate of drug-likeness (QED) is 0.731. The molecule has 1 atom stereocenters. The minimum atomic E-state index is -0.319. The largest absolute Gasteiger partial charge is 0.352 e. The summed E-state index contributed by atoms with van der Waals surface area (Å²) in [6, 6.07) is 0.102. The van der Waals surface area contributed by atoms with Gasteiger partial charge in [-0.15, -0.1) is 0 Å². The Hall–Kier alpha value is -1.43. The third-order valence-corrected chi connectivity index (χ3v) is 2.48. The van der Waals surface area contributed by atoms with Crippen molar-refractivity contribution in [1.82, 2.24) is 20.8 Å². The van der Waals surface area contributed by atoms with E-state index in [1.54, 1.807) is 0 Å². The number of hydrogen-bond acceptors (Lipinski definition) is 5. The molecule has 0 saturated carbocycles. The Labute approximate surface area is 87.4 Å². The van der Waals surface area contributed by atoms with Crippen LogP contribution in [0.4, 0.5) is 0 Å². The maximum absolute atomic E-state index is 11.2. The lowest BCUT2D eigenvalue weighted by Gasteiger charge is -2.19. The van der Waals surface area contributed by atoms with Gasteiger partial charge in [0.15, 0.2) is 0 Å². The van der Waals surface area contributed by atoms with Crippen molar-refractivity contribution in [3.8, 4) is 0 Å². The molecule has 1 aliphatic heterocycles. The van der Waals surface area contributed by atoms with Gasteiger partial charge in [0.05, 0.1) is 6.04 Å². The zero-order chi connectivity index (χ0) is 10.7. The molecule has 0 bridgehead atoms. The van der Waals surface area contributed by atoms with Crippen LogP contribution in [0.5, 0.6) is 0 Å². The Kier molecular flexibility index (Phi) is 2.96. The number of aromatic nitrogens is 2. The van der Waals surface area contributed by atoms with Gasteiger partial charge in [0.25, 0.3) is 11.7 Å². The standard InChI is InChI=1S/C9H14N4O2/c1-10-8(14)7-12-9(15-13-7)6-4-2-3-5-11-6/h6,11H,2-5H2,1H3,(H,10,14)/t6-/m1/s1. The molecule has 1 saturated heterocycles. The van der Waals surface area contributed by atoms with Gasteiger partial charge in [0.1, 0.15) is 0 Å². The molecule has 1 aromatic heterocycles. The van der Waals surface area contributed by atoms with Gasteiger partial charge in [-0.05, 0) is 19.4 Å². The fourth-order valence-corrected chi connectivity index (χ4v) is 1.64. The van der Waals surface area contributed by atoms with Crippen molar-refractivity contribution in [2.24, 2.45) is 0 Å². The second-order valence-corrected chi connectivity index (χ2v) is 3.54. The van der Waals surface area contributed by atoms with Gasteiger partial charge in [-0.25, -0.2) is 0 Å². The van der Waals surface area contributed by atoms with Crippen LogP contribution in [-0.2, 0) is 0 Å². The number of nitrogens with zero attached hydrogens (tertiary/aromatic N) is 2. The summed E-state index contributed by atoms with van der Waals surface area (Å²) in [5.74, 6) is 0.286. The molecular weight excluding hydrogens is 196 g/mol. The maximum Gasteiger partial charge on any atom is 0.292 e. The minimum Gasteiger partial charge on any atom is -0.352 e. The summed E-state index contributed by atoms with van der Waals surface area (Å²) in [4.78, 5) is 15.2. The molecule has 6 nitrogen and oxygen atoms in total. The highest BCUT2D eigenvalue weighted by Gasteiger charge is 2.22. The summed E-state index contributed by atoms with van der Waals surface area (Å²) in [5, 5.41) is 9.35. The fraction of sp³-hybridized carbons (Fsp3) is 0.667. The van der Waals surface area contributed by atoms with Gasteiger partial charge >= 0.3 is 0 Å². The van der Waals surface area contributed by atoms with Crippen molar-refractivity contribution in [3.05, 3.63) is 11.7 Å². The number of rotatable bonds is 2. The van der Waals surface area contributed by atoms with Crippen LogP contribution < -0.4 is 10.6 Å². The van der Waals surface area contributed by atoms with Crippen LogP contribution >= 0.6 is 0 Å². The topological polar surface area (TPSA) is 80.0 Å². The van der Waals surface area contributed by atoms with Crippen molar-refractivity contribution >= 4 is 5.91 Å². The number of amides is 1. The fourth-order valence-electron chi connectivity index (χ4n) is 1.64. The Bertz CT molecular complexity index is 344. The van der Waals surface area contributed by atoms with Gasteiger partial charge in [-0.1, -0.05) is 11.6 Å². The first-order chi connectivity index (χ1) is 7.31. The van der Waals surface area contributed by atoms with E-state index in [9.17, 15) is 4.79 Å². The zero-order valence-corrected chi connectivity index (χ0v) is 8.62. The predicted octanol–water partition coefficient (Wildman–Crippen LogP) is 0.244. The molecular formula is C9H14N4O2. The molecule has 2 heterocycles. The molecule has 0 aromatic carbocycles. The molecule has 1 aliphatic rings. The Morgan fingerprint density at radius 1 is 1.60 bits per heavy atom. The number of nitrogens with one attached hydrogen (secondary N) is 2. The SMILES string of the molecule is CNC(=O)c1noc([C@H]2CCCCN2)n1. The van der Waals surface area contributed by atoms with Gasteiger partial charge < -0.3 is 15.2 Å². The first-order valence-electron chi connectivity index (χ1n) is 5.10. The van der Waals surface area contributed by atoms with Crippen molar-refractivity contribution in [1.29, 1.82) is 0 Å². The average molecular weight is 210 g/mol. The van der Waals surface area contributed by atoms with Gasteiger partial charge in [-0.3, -0.25) is 4.79 Å². The van der Waals surface area contributed by atoms with Crippen molar-refractivity contribution < 1.29 is 9.32 Å². The van der Waals surface area contributed by atoms with Crippen LogP contribution in [0.2, 0.25) is 0 Å². The first kappa shape index (κ1) is 10.1. The molecule has 1 amide bonds. The minimum absolute atomic E-state index is 0.0971. The first-order valence-corrected chi connectivity index (χ1v) is 5.10. The smallest absolute Gasteiger partial charge is 0.292 e. The summed E-state index contributed by atoms with van der Waals surface area (Å²) < 4.78 is 5.04. The molecule has 0 aliphatic carbocycles. The van der Waals surface area contributed by atoms with Crippen LogP contribution in [0.3, 0.4) is 0 Å². The molecule has 1 fully saturated rings. The lowest BCUT2D eigenvalue weighted by Crippen LogP contribution is -2.27. The summed E-state index contributed by atoms with van der Waals surface area (Å²) in [5.41, 5.74) is 0. The normalized spacial score (nSPS) is 21.3. The van der Waals surface area contributed by atoms with E-state index in [1.165, 1.54) is 13.5 Å². The monoisotopic (exact) mass is 210 g/mol. The number of piperidine rings is 1. The Morgan fingerprint density at radius 2 is 2.47 bits per heavy atom. The Morgan fingerprint density at radius 3 is 3.13 bits per heavy atom. The number of carbonyl (C=O) groups excluding carboxylic acids is 1. The van der Waals surface area contributed by atoms with Crippen molar-refractivity contribution in [3.63, 3.8) is 0 Å². The number of carbonyl (C=O) groups is 1. The van der Waals surface area contributed by atoms with E-state index in [4.69, 9.17) is 4.52 Å². The molecule has 0 spiro atoms. The van der Waals surface area contributed by atoms with Gasteiger partial charge in [-0.2, -0.15) is 4.98 Å². The Balaban J connectivity index is 2.08. The third-order valence-electron chi connectivity index (χ3n) is 2.48. The summed E-state index contributed by atoms with van der Waals surface area (Å²) in [6.45, 7) is 0.961. The van der Waals surface area contributed by atoms with Crippen LogP contribution in [0, 0.1) is 0 Å². The lowest BCUT2D eigenvalue weighted by atomic mass is 10.1. The van der Waals surface area contributed by atoms with E-state index in [0.29, 0.717) is 5.89 Å². The van der Waals surface area contributed by atoms with Crippen LogP contribution in [0.1, 0.15) is 41.8 Å². The van der Waals surface area contributed by atoms with Gasteiger partial charge in [0.2, 0.25) is 5.89 Å². The molecule has 1 aromatic rings. The van der Waals surface area contributed by atoms with E-state index in [1.807, 2.05) is 0 Å². The van der Waals surface area contributed by atoms with E-state index in [0.717, 1.165) is 19.4 Å². The molecule has 15 heavy (non-hydrogen) atoms. The highest BCUT2D eigenvalue weighted by atomic mass is 16.5. The van der Waals surface area contributed by atoms with Crippen LogP contribution in [0.15, 0.2) is 4.52 Å². The highest BCUT2D eigenvalue weighted by molar-refractivity contribution is 5.89. The van der Waals surface area contributed by atoms with Crippen molar-refractivity contribution in [2.75, 3.05) is 13.6 Å². The molecule has 0 unspecified atom stereocenters. The maximum atomic E-state index is 11.2. The van der Waals surface area contributed by atoms with E-state index >= 15 is 0 Å². The van der Waals surface area contributed by atoms with E-state index in [-0.39, 0.29) is 17.8 Å². The van der Waals surface area contributed by atoms with Crippen molar-refractivity contribution in [2.45, 2.75) is 25.3 Å². The second-order valence-electron chi connectivity index (χ2n) is 3.54. The zero-order valence-electron chi connectivity index (χ0n) is 8.62. The number of hydrogen-bond donors (Lipinski definition) is 2. The second kappa shape index (κ2) is 4.39. The van der Waals surface area contributed by atoms with Crippen LogP contribution in [0.25, 0.3) is 0 Å². The summed E-state index contributed by atoms with van der Waals surface area (Å²) in [7, 11) is 1.54. The average Bonchev–Trinajstić information content (AvgIpc) is 2.78. The predicted molar refractivity (Wildman–Crippen MR) is 52.3 cm³/mol. The van der Waals surface area contributed by atoms with Gasteiger partial charge in [0, 0.05) is 7.05 Å². The summed E-state index contributed by atoms with van der Waals surface area (Å²) in [6.07, 6.45) is 3.30. The van der Waals surface area contributed by atoms with E-state index in [2.05, 4.69) is 20.8 Å². The summed E-state index contributed by atoms with van der Waals surface area (Å²) >= 11 is 0. The molecule has 82 valence electrons. The molecule has 0 radical (unpaired) electrons. The highest BCUT2D eigenvalue weighted by Crippen LogP contribution is 2.20. The molecule has 2 rings (SSSR count).